The van der Waals surface area contributed by atoms with Crippen LogP contribution in [0.2, 0.25) is 0 Å². The van der Waals surface area contributed by atoms with Crippen molar-refractivity contribution in [2.75, 3.05) is 4.90 Å². The molecule has 1 saturated carbocycles. The quantitative estimate of drug-likeness (QED) is 0.948. The molecule has 1 heterocycles. The second-order valence-corrected chi connectivity index (χ2v) is 5.79. The number of para-hydroxylation sites is 2. The van der Waals surface area contributed by atoms with Gasteiger partial charge in [0.2, 0.25) is 0 Å². The first-order valence-corrected chi connectivity index (χ1v) is 7.45. The molecule has 114 valence electrons. The summed E-state index contributed by atoms with van der Waals surface area (Å²) in [5.41, 5.74) is 1.29. The van der Waals surface area contributed by atoms with E-state index in [1.54, 1.807) is 4.90 Å². The van der Waals surface area contributed by atoms with E-state index in [1.807, 2.05) is 54.6 Å². The number of hydrogen-bond acceptors (Lipinski definition) is 3. The van der Waals surface area contributed by atoms with Gasteiger partial charge in [0.25, 0.3) is 5.91 Å². The first kappa shape index (κ1) is 13.7. The molecule has 1 N–H and O–H groups in total. The summed E-state index contributed by atoms with van der Waals surface area (Å²) >= 11 is 0. The number of hydrogen-bond donors (Lipinski definition) is 1. The number of carbonyl (C=O) groups is 2. The summed E-state index contributed by atoms with van der Waals surface area (Å²) in [6.07, 6.45) is 0.958. The van der Waals surface area contributed by atoms with E-state index in [0.29, 0.717) is 18.4 Å². The van der Waals surface area contributed by atoms with E-state index in [2.05, 4.69) is 4.99 Å². The normalized spacial score (nSPS) is 19.7. The predicted molar refractivity (Wildman–Crippen MR) is 86.2 cm³/mol. The fourth-order valence-corrected chi connectivity index (χ4v) is 2.85. The molecule has 1 aliphatic heterocycles. The summed E-state index contributed by atoms with van der Waals surface area (Å²) in [5.74, 6) is -1.24. The fraction of sp³-hybridized carbons (Fsp3) is 0.167. The smallest absolute Gasteiger partial charge is 0.331 e. The Hall–Kier alpha value is -2.95. The minimum Gasteiger partial charge on any atom is -0.479 e. The summed E-state index contributed by atoms with van der Waals surface area (Å²) in [6, 6.07) is 16.7. The van der Waals surface area contributed by atoms with Gasteiger partial charge < -0.3 is 5.11 Å². The van der Waals surface area contributed by atoms with Gasteiger partial charge in [0.05, 0.1) is 5.69 Å². The van der Waals surface area contributed by atoms with Gasteiger partial charge in [-0.25, -0.2) is 4.79 Å². The highest BCUT2D eigenvalue weighted by atomic mass is 16.4. The fourth-order valence-electron chi connectivity index (χ4n) is 2.85. The van der Waals surface area contributed by atoms with Crippen molar-refractivity contribution in [1.29, 1.82) is 0 Å². The first-order chi connectivity index (χ1) is 11.1. The number of carboxylic acids is 1. The third-order valence-electron chi connectivity index (χ3n) is 4.27. The Bertz CT molecular complexity index is 838. The van der Waals surface area contributed by atoms with Gasteiger partial charge in [0, 0.05) is 11.3 Å². The highest BCUT2D eigenvalue weighted by molar-refractivity contribution is 6.56. The van der Waals surface area contributed by atoms with Gasteiger partial charge in [0.15, 0.2) is 5.54 Å². The maximum Gasteiger partial charge on any atom is 0.331 e. The zero-order chi connectivity index (χ0) is 16.0. The second-order valence-electron chi connectivity index (χ2n) is 5.79. The number of anilines is 2. The van der Waals surface area contributed by atoms with Gasteiger partial charge in [-0.05, 0) is 31.0 Å². The second kappa shape index (κ2) is 4.78. The van der Waals surface area contributed by atoms with E-state index in [4.69, 9.17) is 0 Å². The standard InChI is InChI=1S/C18H14N2O3/c21-16-15(19-18(10-11-18)17(22)23)13-8-4-5-9-14(13)20(16)12-6-2-1-3-7-12/h1-9H,10-11H2,(H,22,23). The number of aliphatic imine (C=N–C) groups is 1. The highest BCUT2D eigenvalue weighted by Gasteiger charge is 2.52. The molecule has 1 fully saturated rings. The molecule has 0 bridgehead atoms. The van der Waals surface area contributed by atoms with Crippen LogP contribution in [0.1, 0.15) is 18.4 Å². The zero-order valence-electron chi connectivity index (χ0n) is 12.3. The number of carboxylic acid groups (broad SMARTS) is 1. The Morgan fingerprint density at radius 3 is 2.35 bits per heavy atom. The lowest BCUT2D eigenvalue weighted by Gasteiger charge is -2.16. The van der Waals surface area contributed by atoms with Crippen molar-refractivity contribution in [3.8, 4) is 0 Å². The molecule has 5 heteroatoms. The number of carbonyl (C=O) groups excluding carboxylic acids is 1. The minimum absolute atomic E-state index is 0.240. The van der Waals surface area contributed by atoms with Crippen LogP contribution in [0.15, 0.2) is 59.6 Å². The average molecular weight is 306 g/mol. The van der Waals surface area contributed by atoms with Gasteiger partial charge in [0.1, 0.15) is 5.71 Å². The largest absolute Gasteiger partial charge is 0.479 e. The van der Waals surface area contributed by atoms with Crippen molar-refractivity contribution < 1.29 is 14.7 Å². The van der Waals surface area contributed by atoms with Crippen molar-refractivity contribution in [2.45, 2.75) is 18.4 Å². The molecule has 5 nitrogen and oxygen atoms in total. The van der Waals surface area contributed by atoms with Crippen molar-refractivity contribution in [3.63, 3.8) is 0 Å². The van der Waals surface area contributed by atoms with E-state index in [-0.39, 0.29) is 11.6 Å². The monoisotopic (exact) mass is 306 g/mol. The molecule has 23 heavy (non-hydrogen) atoms. The van der Waals surface area contributed by atoms with Crippen LogP contribution in [0, 0.1) is 0 Å². The Kier molecular flexibility index (Phi) is 2.84. The van der Waals surface area contributed by atoms with Crippen LogP contribution in [-0.2, 0) is 9.59 Å². The number of fused-ring (bicyclic) bond motifs is 1. The van der Waals surface area contributed by atoms with Crippen LogP contribution in [-0.4, -0.2) is 28.2 Å². The van der Waals surface area contributed by atoms with E-state index < -0.39 is 11.5 Å². The molecule has 1 amide bonds. The summed E-state index contributed by atoms with van der Waals surface area (Å²) in [7, 11) is 0. The topological polar surface area (TPSA) is 70.0 Å². The van der Waals surface area contributed by atoms with Crippen LogP contribution >= 0.6 is 0 Å². The lowest BCUT2D eigenvalue weighted by atomic mass is 10.1. The van der Waals surface area contributed by atoms with Gasteiger partial charge >= 0.3 is 5.97 Å². The lowest BCUT2D eigenvalue weighted by Crippen LogP contribution is -2.29. The molecule has 0 spiro atoms. The Labute approximate surface area is 132 Å². The van der Waals surface area contributed by atoms with Crippen LogP contribution in [0.25, 0.3) is 0 Å². The van der Waals surface area contributed by atoms with E-state index >= 15 is 0 Å². The molecule has 0 aromatic heterocycles. The number of benzene rings is 2. The summed E-state index contributed by atoms with van der Waals surface area (Å²) in [5, 5.41) is 9.35. The summed E-state index contributed by atoms with van der Waals surface area (Å²) in [4.78, 5) is 30.2. The molecule has 0 atom stereocenters. The average Bonchev–Trinajstić information content (AvgIpc) is 3.30. The SMILES string of the molecule is O=C1C(=NC2(C(=O)O)CC2)c2ccccc2N1c1ccccc1. The molecule has 4 rings (SSSR count). The Morgan fingerprint density at radius 2 is 1.70 bits per heavy atom. The number of nitrogens with zero attached hydrogens (tertiary/aromatic N) is 2. The summed E-state index contributed by atoms with van der Waals surface area (Å²) in [6.45, 7) is 0. The van der Waals surface area contributed by atoms with Crippen LogP contribution < -0.4 is 4.90 Å². The Balaban J connectivity index is 1.86. The maximum absolute atomic E-state index is 12.9. The summed E-state index contributed by atoms with van der Waals surface area (Å²) < 4.78 is 0. The molecule has 0 saturated heterocycles. The number of amides is 1. The van der Waals surface area contributed by atoms with Crippen molar-refractivity contribution >= 4 is 29.0 Å². The van der Waals surface area contributed by atoms with E-state index in [0.717, 1.165) is 11.4 Å². The van der Waals surface area contributed by atoms with E-state index in [9.17, 15) is 14.7 Å². The highest BCUT2D eigenvalue weighted by Crippen LogP contribution is 2.43. The number of aliphatic carboxylic acids is 1. The zero-order valence-corrected chi connectivity index (χ0v) is 12.3. The molecule has 2 aliphatic rings. The third-order valence-corrected chi connectivity index (χ3v) is 4.27. The van der Waals surface area contributed by atoms with Crippen molar-refractivity contribution in [1.82, 2.24) is 0 Å². The molecular weight excluding hydrogens is 292 g/mol. The maximum atomic E-state index is 12.9. The number of rotatable bonds is 3. The van der Waals surface area contributed by atoms with E-state index in [1.165, 1.54) is 0 Å². The van der Waals surface area contributed by atoms with Gasteiger partial charge in [-0.3, -0.25) is 14.7 Å². The van der Waals surface area contributed by atoms with Crippen LogP contribution in [0.4, 0.5) is 11.4 Å². The van der Waals surface area contributed by atoms with Gasteiger partial charge in [-0.2, -0.15) is 0 Å². The van der Waals surface area contributed by atoms with Crippen molar-refractivity contribution in [3.05, 3.63) is 60.2 Å². The first-order valence-electron chi connectivity index (χ1n) is 7.45. The van der Waals surface area contributed by atoms with Crippen molar-refractivity contribution in [2.24, 2.45) is 4.99 Å². The minimum atomic E-state index is -1.12. The molecule has 2 aromatic carbocycles. The van der Waals surface area contributed by atoms with Gasteiger partial charge in [-0.15, -0.1) is 0 Å². The molecule has 0 radical (unpaired) electrons. The van der Waals surface area contributed by atoms with Gasteiger partial charge in [-0.1, -0.05) is 36.4 Å². The molecule has 0 unspecified atom stereocenters. The third kappa shape index (κ3) is 2.04. The van der Waals surface area contributed by atoms with Crippen LogP contribution in [0.3, 0.4) is 0 Å². The molecule has 1 aliphatic carbocycles. The lowest BCUT2D eigenvalue weighted by molar-refractivity contribution is -0.139. The molecule has 2 aromatic rings. The van der Waals surface area contributed by atoms with Crippen LogP contribution in [0.5, 0.6) is 0 Å². The predicted octanol–water partition coefficient (Wildman–Crippen LogP) is 2.77. The molecular formula is C18H14N2O3. The Morgan fingerprint density at radius 1 is 1.04 bits per heavy atom.